The highest BCUT2D eigenvalue weighted by Crippen LogP contribution is 2.38. The van der Waals surface area contributed by atoms with E-state index in [1.807, 2.05) is 19.1 Å². The molecule has 1 aromatic carbocycles. The van der Waals surface area contributed by atoms with Crippen molar-refractivity contribution < 1.29 is 4.74 Å². The highest BCUT2D eigenvalue weighted by Gasteiger charge is 2.35. The van der Waals surface area contributed by atoms with Gasteiger partial charge in [-0.3, -0.25) is 0 Å². The number of nitrogens with one attached hydrogen (secondary N) is 1. The molecule has 0 spiro atoms. The van der Waals surface area contributed by atoms with Crippen LogP contribution in [0.2, 0.25) is 0 Å². The Labute approximate surface area is 111 Å². The molecule has 0 radical (unpaired) electrons. The molecule has 1 N–H and O–H groups in total. The monoisotopic (exact) mass is 262 g/mol. The van der Waals surface area contributed by atoms with E-state index in [2.05, 4.69) is 23.3 Å². The Hall–Kier alpha value is -1.29. The van der Waals surface area contributed by atoms with Crippen LogP contribution in [0.25, 0.3) is 10.2 Å². The van der Waals surface area contributed by atoms with Crippen LogP contribution in [0.5, 0.6) is 5.75 Å². The molecule has 0 bridgehead atoms. The van der Waals surface area contributed by atoms with Crippen LogP contribution in [0.3, 0.4) is 0 Å². The molecule has 4 heteroatoms. The van der Waals surface area contributed by atoms with Crippen LogP contribution in [0.1, 0.15) is 26.7 Å². The standard InChI is InChI=1S/C14H18N2OS/c1-3-9-7-12(9)16-14-15-11-6-5-10(17-4-2)8-13(11)18-14/h5-6,8-9,12H,3-4,7H2,1-2H3,(H,15,16). The second-order valence-corrected chi connectivity index (χ2v) is 5.77. The third kappa shape index (κ3) is 2.29. The summed E-state index contributed by atoms with van der Waals surface area (Å²) in [7, 11) is 0. The molecule has 2 unspecified atom stereocenters. The topological polar surface area (TPSA) is 34.1 Å². The first-order valence-corrected chi connectivity index (χ1v) is 7.41. The minimum Gasteiger partial charge on any atom is -0.494 e. The second-order valence-electron chi connectivity index (χ2n) is 4.74. The van der Waals surface area contributed by atoms with E-state index < -0.39 is 0 Å². The minimum atomic E-state index is 0.641. The molecule has 3 nitrogen and oxygen atoms in total. The third-order valence-electron chi connectivity index (χ3n) is 3.43. The smallest absolute Gasteiger partial charge is 0.184 e. The first kappa shape index (κ1) is 11.8. The van der Waals surface area contributed by atoms with E-state index in [0.29, 0.717) is 12.6 Å². The fourth-order valence-electron chi connectivity index (χ4n) is 2.26. The van der Waals surface area contributed by atoms with Gasteiger partial charge in [0.1, 0.15) is 5.75 Å². The average Bonchev–Trinajstić information content (AvgIpc) is 2.98. The molecule has 1 aromatic heterocycles. The average molecular weight is 262 g/mol. The lowest BCUT2D eigenvalue weighted by Crippen LogP contribution is -2.03. The van der Waals surface area contributed by atoms with Crippen LogP contribution in [-0.4, -0.2) is 17.6 Å². The van der Waals surface area contributed by atoms with E-state index >= 15 is 0 Å². The number of benzene rings is 1. The Bertz CT molecular complexity index is 552. The van der Waals surface area contributed by atoms with Crippen molar-refractivity contribution >= 4 is 26.7 Å². The number of aromatic nitrogens is 1. The molecule has 18 heavy (non-hydrogen) atoms. The van der Waals surface area contributed by atoms with Gasteiger partial charge in [0.05, 0.1) is 16.8 Å². The van der Waals surface area contributed by atoms with Gasteiger partial charge in [0.25, 0.3) is 0 Å². The van der Waals surface area contributed by atoms with Crippen LogP contribution in [0.15, 0.2) is 18.2 Å². The van der Waals surface area contributed by atoms with Crippen molar-refractivity contribution in [3.63, 3.8) is 0 Å². The highest BCUT2D eigenvalue weighted by atomic mass is 32.1. The Kier molecular flexibility index (Phi) is 3.12. The molecule has 2 aromatic rings. The fraction of sp³-hybridized carbons (Fsp3) is 0.500. The van der Waals surface area contributed by atoms with E-state index in [1.165, 1.54) is 17.5 Å². The van der Waals surface area contributed by atoms with Crippen molar-refractivity contribution in [1.82, 2.24) is 4.98 Å². The maximum Gasteiger partial charge on any atom is 0.184 e. The number of rotatable bonds is 5. The lowest BCUT2D eigenvalue weighted by molar-refractivity contribution is 0.341. The fourth-order valence-corrected chi connectivity index (χ4v) is 3.21. The maximum absolute atomic E-state index is 5.51. The largest absolute Gasteiger partial charge is 0.494 e. The molecular weight excluding hydrogens is 244 g/mol. The summed E-state index contributed by atoms with van der Waals surface area (Å²) in [5, 5.41) is 4.57. The first-order chi connectivity index (χ1) is 8.80. The van der Waals surface area contributed by atoms with Crippen molar-refractivity contribution in [3.05, 3.63) is 18.2 Å². The number of hydrogen-bond donors (Lipinski definition) is 1. The van der Waals surface area contributed by atoms with Gasteiger partial charge in [-0.25, -0.2) is 4.98 Å². The SMILES string of the molecule is CCOc1ccc2nc(NC3CC3CC)sc2c1. The van der Waals surface area contributed by atoms with Crippen LogP contribution >= 0.6 is 11.3 Å². The van der Waals surface area contributed by atoms with Gasteiger partial charge >= 0.3 is 0 Å². The Balaban J connectivity index is 1.78. The number of hydrogen-bond acceptors (Lipinski definition) is 4. The van der Waals surface area contributed by atoms with E-state index in [1.54, 1.807) is 11.3 Å². The molecule has 96 valence electrons. The Morgan fingerprint density at radius 2 is 2.33 bits per heavy atom. The molecule has 1 saturated carbocycles. The predicted molar refractivity (Wildman–Crippen MR) is 76.6 cm³/mol. The summed E-state index contributed by atoms with van der Waals surface area (Å²) in [5.41, 5.74) is 1.06. The molecule has 1 heterocycles. The summed E-state index contributed by atoms with van der Waals surface area (Å²) in [4.78, 5) is 4.61. The van der Waals surface area contributed by atoms with E-state index in [4.69, 9.17) is 4.74 Å². The van der Waals surface area contributed by atoms with Gasteiger partial charge in [-0.1, -0.05) is 24.7 Å². The lowest BCUT2D eigenvalue weighted by atomic mass is 10.3. The third-order valence-corrected chi connectivity index (χ3v) is 4.38. The molecule has 0 aliphatic heterocycles. The van der Waals surface area contributed by atoms with Crippen molar-refractivity contribution in [2.24, 2.45) is 5.92 Å². The zero-order chi connectivity index (χ0) is 12.5. The summed E-state index contributed by atoms with van der Waals surface area (Å²) in [5.74, 6) is 1.77. The number of nitrogens with zero attached hydrogens (tertiary/aromatic N) is 1. The van der Waals surface area contributed by atoms with E-state index in [9.17, 15) is 0 Å². The Morgan fingerprint density at radius 3 is 3.06 bits per heavy atom. The molecule has 1 fully saturated rings. The number of ether oxygens (including phenoxy) is 1. The normalized spacial score (nSPS) is 22.1. The van der Waals surface area contributed by atoms with Crippen molar-refractivity contribution in [3.8, 4) is 5.75 Å². The van der Waals surface area contributed by atoms with Gasteiger partial charge in [-0.2, -0.15) is 0 Å². The number of thiazole rings is 1. The zero-order valence-corrected chi connectivity index (χ0v) is 11.6. The number of anilines is 1. The van der Waals surface area contributed by atoms with E-state index in [0.717, 1.165) is 22.3 Å². The Morgan fingerprint density at radius 1 is 1.44 bits per heavy atom. The van der Waals surface area contributed by atoms with Crippen LogP contribution in [0.4, 0.5) is 5.13 Å². The van der Waals surface area contributed by atoms with Gasteiger partial charge in [0, 0.05) is 6.04 Å². The zero-order valence-electron chi connectivity index (χ0n) is 10.8. The van der Waals surface area contributed by atoms with E-state index in [-0.39, 0.29) is 0 Å². The van der Waals surface area contributed by atoms with Gasteiger partial charge in [-0.05, 0) is 37.5 Å². The summed E-state index contributed by atoms with van der Waals surface area (Å²) in [6, 6.07) is 6.74. The minimum absolute atomic E-state index is 0.641. The van der Waals surface area contributed by atoms with Crippen LogP contribution < -0.4 is 10.1 Å². The highest BCUT2D eigenvalue weighted by molar-refractivity contribution is 7.22. The van der Waals surface area contributed by atoms with Crippen LogP contribution in [0, 0.1) is 5.92 Å². The second kappa shape index (κ2) is 4.76. The maximum atomic E-state index is 5.51. The molecule has 3 rings (SSSR count). The number of fused-ring (bicyclic) bond motifs is 1. The van der Waals surface area contributed by atoms with Gasteiger partial charge in [-0.15, -0.1) is 0 Å². The van der Waals surface area contributed by atoms with Crippen molar-refractivity contribution in [2.45, 2.75) is 32.7 Å². The summed E-state index contributed by atoms with van der Waals surface area (Å²) < 4.78 is 6.70. The molecule has 0 amide bonds. The summed E-state index contributed by atoms with van der Waals surface area (Å²) in [6.45, 7) is 4.95. The molecule has 1 aliphatic rings. The van der Waals surface area contributed by atoms with Gasteiger partial charge < -0.3 is 10.1 Å². The molecular formula is C14H18N2OS. The lowest BCUT2D eigenvalue weighted by Gasteiger charge is -2.00. The molecule has 1 aliphatic carbocycles. The van der Waals surface area contributed by atoms with Gasteiger partial charge in [0.15, 0.2) is 5.13 Å². The molecule has 2 atom stereocenters. The van der Waals surface area contributed by atoms with Crippen LogP contribution in [-0.2, 0) is 0 Å². The van der Waals surface area contributed by atoms with Crippen molar-refractivity contribution in [1.29, 1.82) is 0 Å². The molecule has 0 saturated heterocycles. The summed E-state index contributed by atoms with van der Waals surface area (Å²) >= 11 is 1.72. The quantitative estimate of drug-likeness (QED) is 0.887. The first-order valence-electron chi connectivity index (χ1n) is 6.60. The van der Waals surface area contributed by atoms with Crippen molar-refractivity contribution in [2.75, 3.05) is 11.9 Å². The predicted octanol–water partition coefficient (Wildman–Crippen LogP) is 3.91. The summed E-state index contributed by atoms with van der Waals surface area (Å²) in [6.07, 6.45) is 2.55. The van der Waals surface area contributed by atoms with Gasteiger partial charge in [0.2, 0.25) is 0 Å².